The molecule has 0 N–H and O–H groups in total. The fourth-order valence-electron chi connectivity index (χ4n) is 2.80. The first-order valence-corrected chi connectivity index (χ1v) is 8.61. The Balaban J connectivity index is 2.69. The highest BCUT2D eigenvalue weighted by Gasteiger charge is 2.36. The summed E-state index contributed by atoms with van der Waals surface area (Å²) < 4.78 is 2.80. The minimum atomic E-state index is -1.24. The molecular weight excluding hydrogens is 186 g/mol. The molecule has 1 heterocycles. The molecule has 0 amide bonds. The van der Waals surface area contributed by atoms with E-state index in [1.54, 1.807) is 0 Å². The Hall–Kier alpha value is -0.0831. The zero-order valence-corrected chi connectivity index (χ0v) is 10.9. The van der Waals surface area contributed by atoms with Gasteiger partial charge in [0.1, 0.15) is 0 Å². The van der Waals surface area contributed by atoms with Crippen LogP contribution in [0.3, 0.4) is 0 Å². The van der Waals surface area contributed by atoms with Crippen molar-refractivity contribution in [2.75, 3.05) is 13.1 Å². The van der Waals surface area contributed by atoms with Crippen molar-refractivity contribution in [3.63, 3.8) is 0 Å². The molecule has 0 saturated carbocycles. The first-order chi connectivity index (χ1) is 6.79. The summed E-state index contributed by atoms with van der Waals surface area (Å²) in [5, 5.41) is 0. The molecule has 1 rings (SSSR count). The molecule has 0 radical (unpaired) electrons. The molecule has 1 saturated heterocycles. The number of nitrogens with zero attached hydrogens (tertiary/aromatic N) is 1. The van der Waals surface area contributed by atoms with Gasteiger partial charge in [-0.2, -0.15) is 0 Å². The SMILES string of the molecule is C=C[Si](CCC)(CCC)N1CCCC1. The van der Waals surface area contributed by atoms with Gasteiger partial charge < -0.3 is 4.57 Å². The van der Waals surface area contributed by atoms with Crippen LogP contribution in [-0.2, 0) is 0 Å². The van der Waals surface area contributed by atoms with E-state index in [1.807, 2.05) is 0 Å². The van der Waals surface area contributed by atoms with Crippen molar-refractivity contribution in [2.45, 2.75) is 51.6 Å². The molecule has 0 aromatic carbocycles. The van der Waals surface area contributed by atoms with Crippen LogP contribution in [0.2, 0.25) is 12.1 Å². The molecule has 1 fully saturated rings. The van der Waals surface area contributed by atoms with E-state index in [0.29, 0.717) is 0 Å². The van der Waals surface area contributed by atoms with E-state index >= 15 is 0 Å². The number of hydrogen-bond acceptors (Lipinski definition) is 1. The maximum Gasteiger partial charge on any atom is 0.152 e. The molecule has 14 heavy (non-hydrogen) atoms. The minimum absolute atomic E-state index is 1.24. The minimum Gasteiger partial charge on any atom is -0.320 e. The average molecular weight is 211 g/mol. The number of rotatable bonds is 6. The third kappa shape index (κ3) is 2.48. The van der Waals surface area contributed by atoms with Crippen LogP contribution >= 0.6 is 0 Å². The van der Waals surface area contributed by atoms with Crippen molar-refractivity contribution < 1.29 is 0 Å². The highest BCUT2D eigenvalue weighted by Crippen LogP contribution is 2.28. The van der Waals surface area contributed by atoms with Gasteiger partial charge in [0.05, 0.1) is 0 Å². The molecule has 0 aliphatic carbocycles. The van der Waals surface area contributed by atoms with Gasteiger partial charge in [-0.05, 0) is 38.0 Å². The lowest BCUT2D eigenvalue weighted by Gasteiger charge is -2.37. The monoisotopic (exact) mass is 211 g/mol. The molecular formula is C12H25NSi. The average Bonchev–Trinajstić information content (AvgIpc) is 2.70. The fourth-order valence-corrected chi connectivity index (χ4v) is 7.29. The quantitative estimate of drug-likeness (QED) is 0.607. The molecule has 0 aromatic rings. The van der Waals surface area contributed by atoms with E-state index in [0.717, 1.165) is 0 Å². The van der Waals surface area contributed by atoms with E-state index in [-0.39, 0.29) is 0 Å². The second-order valence-corrected chi connectivity index (χ2v) is 8.75. The molecule has 2 heteroatoms. The van der Waals surface area contributed by atoms with Gasteiger partial charge in [-0.15, -0.1) is 6.58 Å². The van der Waals surface area contributed by atoms with Gasteiger partial charge in [-0.3, -0.25) is 0 Å². The standard InChI is InChI=1S/C12H25NSi/c1-4-11-14(6-3,12-5-2)13-9-7-8-10-13/h6H,3-5,7-12H2,1-2H3. The van der Waals surface area contributed by atoms with E-state index in [1.165, 1.54) is 50.9 Å². The lowest BCUT2D eigenvalue weighted by Crippen LogP contribution is -2.50. The summed E-state index contributed by atoms with van der Waals surface area (Å²) in [7, 11) is -1.24. The smallest absolute Gasteiger partial charge is 0.152 e. The van der Waals surface area contributed by atoms with Gasteiger partial charge in [0, 0.05) is 0 Å². The van der Waals surface area contributed by atoms with Crippen molar-refractivity contribution in [1.29, 1.82) is 0 Å². The topological polar surface area (TPSA) is 3.24 Å². The molecule has 0 spiro atoms. The second kappa shape index (κ2) is 5.71. The van der Waals surface area contributed by atoms with Gasteiger partial charge in [-0.1, -0.05) is 32.4 Å². The van der Waals surface area contributed by atoms with Crippen molar-refractivity contribution in [1.82, 2.24) is 4.57 Å². The van der Waals surface area contributed by atoms with Crippen LogP contribution in [0.15, 0.2) is 12.3 Å². The Morgan fingerprint density at radius 1 is 1.14 bits per heavy atom. The van der Waals surface area contributed by atoms with Gasteiger partial charge in [0.25, 0.3) is 0 Å². The summed E-state index contributed by atoms with van der Waals surface area (Å²) in [5.74, 6) is 0. The summed E-state index contributed by atoms with van der Waals surface area (Å²) in [5.41, 5.74) is 2.35. The summed E-state index contributed by atoms with van der Waals surface area (Å²) in [6.07, 6.45) is 5.48. The van der Waals surface area contributed by atoms with Crippen LogP contribution in [-0.4, -0.2) is 25.9 Å². The van der Waals surface area contributed by atoms with Crippen LogP contribution in [0.1, 0.15) is 39.5 Å². The first-order valence-electron chi connectivity index (χ1n) is 6.17. The molecule has 0 atom stereocenters. The lowest BCUT2D eigenvalue weighted by atomic mass is 10.4. The summed E-state index contributed by atoms with van der Waals surface area (Å²) in [4.78, 5) is 0. The summed E-state index contributed by atoms with van der Waals surface area (Å²) in [6.45, 7) is 11.5. The van der Waals surface area contributed by atoms with Gasteiger partial charge in [0.15, 0.2) is 8.24 Å². The largest absolute Gasteiger partial charge is 0.320 e. The van der Waals surface area contributed by atoms with Crippen LogP contribution in [0.25, 0.3) is 0 Å². The fraction of sp³-hybridized carbons (Fsp3) is 0.833. The third-order valence-corrected chi connectivity index (χ3v) is 8.68. The van der Waals surface area contributed by atoms with Gasteiger partial charge >= 0.3 is 0 Å². The van der Waals surface area contributed by atoms with Crippen molar-refractivity contribution in [3.8, 4) is 0 Å². The van der Waals surface area contributed by atoms with E-state index in [9.17, 15) is 0 Å². The van der Waals surface area contributed by atoms with Crippen molar-refractivity contribution in [3.05, 3.63) is 12.3 Å². The maximum atomic E-state index is 4.14. The maximum absolute atomic E-state index is 4.14. The van der Waals surface area contributed by atoms with Crippen LogP contribution in [0.4, 0.5) is 0 Å². The van der Waals surface area contributed by atoms with E-state index in [4.69, 9.17) is 0 Å². The lowest BCUT2D eigenvalue weighted by molar-refractivity contribution is 0.512. The third-order valence-electron chi connectivity index (χ3n) is 3.48. The molecule has 1 nitrogen and oxygen atoms in total. The van der Waals surface area contributed by atoms with Crippen LogP contribution < -0.4 is 0 Å². The Bertz CT molecular complexity index is 167. The summed E-state index contributed by atoms with van der Waals surface area (Å²) >= 11 is 0. The predicted molar refractivity (Wildman–Crippen MR) is 67.0 cm³/mol. The van der Waals surface area contributed by atoms with Crippen LogP contribution in [0.5, 0.6) is 0 Å². The van der Waals surface area contributed by atoms with Crippen molar-refractivity contribution in [2.24, 2.45) is 0 Å². The normalized spacial score (nSPS) is 18.7. The second-order valence-electron chi connectivity index (χ2n) is 4.50. The number of hydrogen-bond donors (Lipinski definition) is 0. The zero-order chi connectivity index (χ0) is 10.4. The summed E-state index contributed by atoms with van der Waals surface area (Å²) in [6, 6.07) is 2.84. The van der Waals surface area contributed by atoms with E-state index in [2.05, 4.69) is 30.7 Å². The Morgan fingerprint density at radius 2 is 1.64 bits per heavy atom. The molecule has 0 aromatic heterocycles. The molecule has 0 bridgehead atoms. The van der Waals surface area contributed by atoms with Crippen molar-refractivity contribution >= 4 is 8.24 Å². The highest BCUT2D eigenvalue weighted by atomic mass is 28.3. The Labute approximate surface area is 90.3 Å². The highest BCUT2D eigenvalue weighted by molar-refractivity contribution is 6.81. The Kier molecular flexibility index (Phi) is 4.89. The molecule has 0 unspecified atom stereocenters. The van der Waals surface area contributed by atoms with Gasteiger partial charge in [-0.25, -0.2) is 0 Å². The molecule has 82 valence electrons. The van der Waals surface area contributed by atoms with Crippen LogP contribution in [0, 0.1) is 0 Å². The molecule has 1 aliphatic heterocycles. The Morgan fingerprint density at radius 3 is 2.00 bits per heavy atom. The predicted octanol–water partition coefficient (Wildman–Crippen LogP) is 3.57. The van der Waals surface area contributed by atoms with E-state index < -0.39 is 8.24 Å². The zero-order valence-electron chi connectivity index (χ0n) is 9.89. The van der Waals surface area contributed by atoms with Gasteiger partial charge in [0.2, 0.25) is 0 Å². The molecule has 1 aliphatic rings. The first kappa shape index (κ1) is 12.0.